The molecule has 1 aromatic carbocycles. The highest BCUT2D eigenvalue weighted by Crippen LogP contribution is 2.40. The molecule has 4 nitrogen and oxygen atoms in total. The van der Waals surface area contributed by atoms with Crippen molar-refractivity contribution in [1.82, 2.24) is 5.01 Å². The third kappa shape index (κ3) is 1.41. The summed E-state index contributed by atoms with van der Waals surface area (Å²) < 4.78 is 0. The molecule has 4 heteroatoms. The molecule has 0 bridgehead atoms. The van der Waals surface area contributed by atoms with E-state index in [0.29, 0.717) is 6.42 Å². The Morgan fingerprint density at radius 1 is 1.50 bits per heavy atom. The molecule has 0 unspecified atom stereocenters. The molecular weight excluding hydrogens is 202 g/mol. The van der Waals surface area contributed by atoms with Crippen LogP contribution in [0.5, 0.6) is 0 Å². The number of amides is 1. The monoisotopic (exact) mass is 215 g/mol. The Morgan fingerprint density at radius 2 is 2.19 bits per heavy atom. The van der Waals surface area contributed by atoms with Gasteiger partial charge in [-0.2, -0.15) is 5.26 Å². The maximum atomic E-state index is 11.6. The van der Waals surface area contributed by atoms with Crippen molar-refractivity contribution in [1.29, 1.82) is 5.26 Å². The summed E-state index contributed by atoms with van der Waals surface area (Å²) in [6, 6.07) is 9.78. The number of carbonyl (C=O) groups is 1. The molecule has 1 atom stereocenters. The van der Waals surface area contributed by atoms with Gasteiger partial charge >= 0.3 is 0 Å². The van der Waals surface area contributed by atoms with Crippen molar-refractivity contribution in [3.63, 3.8) is 0 Å². The van der Waals surface area contributed by atoms with Gasteiger partial charge in [0.15, 0.2) is 0 Å². The molecule has 1 aliphatic rings. The number of rotatable bonds is 1. The molecule has 0 radical (unpaired) electrons. The number of fused-ring (bicyclic) bond motifs is 1. The van der Waals surface area contributed by atoms with Crippen LogP contribution in [-0.4, -0.2) is 18.0 Å². The second-order valence-corrected chi connectivity index (χ2v) is 3.82. The molecule has 0 fully saturated rings. The van der Waals surface area contributed by atoms with Gasteiger partial charge in [-0.1, -0.05) is 18.2 Å². The number of carbonyl (C=O) groups excluding carboxylic acids is 1. The summed E-state index contributed by atoms with van der Waals surface area (Å²) >= 11 is 0. The normalized spacial score (nSPS) is 18.2. The Morgan fingerprint density at radius 3 is 2.81 bits per heavy atom. The average Bonchev–Trinajstić information content (AvgIpc) is 2.54. The van der Waals surface area contributed by atoms with E-state index in [4.69, 9.17) is 5.26 Å². The SMILES string of the molecule is CC(=O)N1[C@H](CC#N)c2ccccc2N1C. The minimum absolute atomic E-state index is 0.0426. The summed E-state index contributed by atoms with van der Waals surface area (Å²) in [6.45, 7) is 1.52. The van der Waals surface area contributed by atoms with Crippen LogP contribution in [-0.2, 0) is 4.79 Å². The van der Waals surface area contributed by atoms with E-state index in [2.05, 4.69) is 6.07 Å². The van der Waals surface area contributed by atoms with Gasteiger partial charge in [0.05, 0.1) is 24.2 Å². The highest BCUT2D eigenvalue weighted by molar-refractivity contribution is 5.79. The molecule has 82 valence electrons. The van der Waals surface area contributed by atoms with Crippen molar-refractivity contribution in [2.45, 2.75) is 19.4 Å². The summed E-state index contributed by atoms with van der Waals surface area (Å²) in [5.41, 5.74) is 2.04. The summed E-state index contributed by atoms with van der Waals surface area (Å²) in [6.07, 6.45) is 0.320. The Hall–Kier alpha value is -2.02. The van der Waals surface area contributed by atoms with E-state index in [1.807, 2.05) is 36.3 Å². The number of hydrogen-bond acceptors (Lipinski definition) is 3. The zero-order valence-corrected chi connectivity index (χ0v) is 9.34. The van der Waals surface area contributed by atoms with Gasteiger partial charge in [0.25, 0.3) is 0 Å². The van der Waals surface area contributed by atoms with Crippen LogP contribution in [0, 0.1) is 11.3 Å². The first-order chi connectivity index (χ1) is 7.66. The van der Waals surface area contributed by atoms with Crippen molar-refractivity contribution in [2.24, 2.45) is 0 Å². The van der Waals surface area contributed by atoms with E-state index in [1.54, 1.807) is 5.01 Å². The lowest BCUT2D eigenvalue weighted by Gasteiger charge is -2.29. The van der Waals surface area contributed by atoms with Crippen LogP contribution in [0.15, 0.2) is 24.3 Å². The van der Waals surface area contributed by atoms with E-state index in [9.17, 15) is 4.79 Å². The third-order valence-electron chi connectivity index (χ3n) is 2.87. The predicted molar refractivity (Wildman–Crippen MR) is 60.3 cm³/mol. The van der Waals surface area contributed by atoms with Gasteiger partial charge in [-0.3, -0.25) is 9.80 Å². The molecule has 0 aromatic heterocycles. The molecule has 1 amide bonds. The fourth-order valence-corrected chi connectivity index (χ4v) is 2.23. The lowest BCUT2D eigenvalue weighted by Crippen LogP contribution is -2.40. The van der Waals surface area contributed by atoms with E-state index in [-0.39, 0.29) is 11.9 Å². The Balaban J connectivity index is 2.48. The van der Waals surface area contributed by atoms with E-state index < -0.39 is 0 Å². The molecule has 0 N–H and O–H groups in total. The van der Waals surface area contributed by atoms with Crippen LogP contribution in [0.3, 0.4) is 0 Å². The quantitative estimate of drug-likeness (QED) is 0.718. The second kappa shape index (κ2) is 3.86. The molecule has 16 heavy (non-hydrogen) atoms. The largest absolute Gasteiger partial charge is 0.285 e. The van der Waals surface area contributed by atoms with Crippen molar-refractivity contribution in [3.05, 3.63) is 29.8 Å². The molecule has 1 heterocycles. The zero-order valence-electron chi connectivity index (χ0n) is 9.34. The van der Waals surface area contributed by atoms with Gasteiger partial charge in [-0.25, -0.2) is 5.01 Å². The van der Waals surface area contributed by atoms with Crippen LogP contribution in [0.2, 0.25) is 0 Å². The van der Waals surface area contributed by atoms with E-state index in [1.165, 1.54) is 6.92 Å². The van der Waals surface area contributed by atoms with Crippen molar-refractivity contribution < 1.29 is 4.79 Å². The maximum absolute atomic E-state index is 11.6. The van der Waals surface area contributed by atoms with Gasteiger partial charge in [-0.05, 0) is 6.07 Å². The maximum Gasteiger partial charge on any atom is 0.238 e. The number of para-hydroxylation sites is 1. The Labute approximate surface area is 94.7 Å². The second-order valence-electron chi connectivity index (χ2n) is 3.82. The van der Waals surface area contributed by atoms with E-state index in [0.717, 1.165) is 11.3 Å². The number of hydrazine groups is 1. The first-order valence-corrected chi connectivity index (χ1v) is 5.16. The van der Waals surface area contributed by atoms with E-state index >= 15 is 0 Å². The van der Waals surface area contributed by atoms with Crippen LogP contribution in [0.1, 0.15) is 24.9 Å². The first-order valence-electron chi connectivity index (χ1n) is 5.16. The number of anilines is 1. The summed E-state index contributed by atoms with van der Waals surface area (Å²) in [7, 11) is 1.84. The van der Waals surface area contributed by atoms with Gasteiger partial charge in [0.2, 0.25) is 5.91 Å². The van der Waals surface area contributed by atoms with Crippen molar-refractivity contribution in [3.8, 4) is 6.07 Å². The highest BCUT2D eigenvalue weighted by Gasteiger charge is 2.35. The van der Waals surface area contributed by atoms with Gasteiger partial charge in [-0.15, -0.1) is 0 Å². The minimum Gasteiger partial charge on any atom is -0.285 e. The number of nitrogens with zero attached hydrogens (tertiary/aromatic N) is 3. The Bertz CT molecular complexity index is 464. The topological polar surface area (TPSA) is 47.3 Å². The van der Waals surface area contributed by atoms with Crippen LogP contribution in [0.25, 0.3) is 0 Å². The first kappa shape index (κ1) is 10.5. The Kier molecular flexibility index (Phi) is 2.53. The smallest absolute Gasteiger partial charge is 0.238 e. The predicted octanol–water partition coefficient (Wildman–Crippen LogP) is 1.85. The molecular formula is C12H13N3O. The minimum atomic E-state index is -0.149. The fourth-order valence-electron chi connectivity index (χ4n) is 2.23. The highest BCUT2D eigenvalue weighted by atomic mass is 16.2. The number of hydrogen-bond donors (Lipinski definition) is 0. The molecule has 0 spiro atoms. The van der Waals surface area contributed by atoms with Crippen LogP contribution >= 0.6 is 0 Å². The number of benzene rings is 1. The molecule has 0 saturated carbocycles. The van der Waals surface area contributed by atoms with Crippen molar-refractivity contribution >= 4 is 11.6 Å². The molecule has 0 aliphatic carbocycles. The summed E-state index contributed by atoms with van der Waals surface area (Å²) in [5.74, 6) is -0.0426. The lowest BCUT2D eigenvalue weighted by atomic mass is 10.0. The lowest BCUT2D eigenvalue weighted by molar-refractivity contribution is -0.131. The zero-order chi connectivity index (χ0) is 11.7. The number of nitriles is 1. The molecule has 0 saturated heterocycles. The van der Waals surface area contributed by atoms with Crippen molar-refractivity contribution in [2.75, 3.05) is 12.1 Å². The van der Waals surface area contributed by atoms with Gasteiger partial charge < -0.3 is 0 Å². The van der Waals surface area contributed by atoms with Crippen LogP contribution in [0.4, 0.5) is 5.69 Å². The molecule has 1 aromatic rings. The molecule has 2 rings (SSSR count). The third-order valence-corrected chi connectivity index (χ3v) is 2.87. The average molecular weight is 215 g/mol. The van der Waals surface area contributed by atoms with Gasteiger partial charge in [0, 0.05) is 19.5 Å². The van der Waals surface area contributed by atoms with Gasteiger partial charge in [0.1, 0.15) is 0 Å². The summed E-state index contributed by atoms with van der Waals surface area (Å²) in [4.78, 5) is 11.6. The standard InChI is InChI=1S/C12H13N3O/c1-9(16)15-12(7-8-13)10-5-3-4-6-11(10)14(15)2/h3-6,12H,7H2,1-2H3/t12-/m1/s1. The molecule has 1 aliphatic heterocycles. The fraction of sp³-hybridized carbons (Fsp3) is 0.333. The summed E-state index contributed by atoms with van der Waals surface area (Å²) in [5, 5.41) is 12.3. The van der Waals surface area contributed by atoms with Crippen LogP contribution < -0.4 is 5.01 Å².